The molecular weight excluding hydrogens is 412 g/mol. The predicted octanol–water partition coefficient (Wildman–Crippen LogP) is 2.54. The maximum atomic E-state index is 9.53. The Kier molecular flexibility index (Phi) is 12.2. The number of hydrogen-bond acceptors (Lipinski definition) is 8. The molecule has 4 rings (SSSR count). The molecule has 0 saturated carbocycles. The van der Waals surface area contributed by atoms with E-state index >= 15 is 0 Å². The van der Waals surface area contributed by atoms with Gasteiger partial charge in [0.15, 0.2) is 0 Å². The summed E-state index contributed by atoms with van der Waals surface area (Å²) in [6.45, 7) is 8.80. The summed E-state index contributed by atoms with van der Waals surface area (Å²) in [5.41, 5.74) is 0. The quantitative estimate of drug-likeness (QED) is 0.422. The van der Waals surface area contributed by atoms with Gasteiger partial charge in [-0.15, -0.1) is 0 Å². The van der Waals surface area contributed by atoms with E-state index < -0.39 is 12.2 Å². The van der Waals surface area contributed by atoms with Gasteiger partial charge in [-0.1, -0.05) is 33.6 Å². The molecule has 0 amide bonds. The molecule has 0 aromatic rings. The molecule has 29 heavy (non-hydrogen) atoms. The van der Waals surface area contributed by atoms with Gasteiger partial charge in [-0.25, -0.2) is 0 Å². The van der Waals surface area contributed by atoms with E-state index in [-0.39, 0.29) is 24.4 Å². The maximum absolute atomic E-state index is 9.53. The van der Waals surface area contributed by atoms with E-state index in [0.717, 1.165) is 19.0 Å². The van der Waals surface area contributed by atoms with Crippen molar-refractivity contribution < 1.29 is 29.2 Å². The zero-order valence-electron chi connectivity index (χ0n) is 18.1. The van der Waals surface area contributed by atoms with E-state index in [1.54, 1.807) is 0 Å². The van der Waals surface area contributed by atoms with Crippen LogP contribution in [-0.4, -0.2) is 90.0 Å². The zero-order chi connectivity index (χ0) is 21.2. The van der Waals surface area contributed by atoms with Crippen molar-refractivity contribution in [3.8, 4) is 0 Å². The normalized spacial score (nSPS) is 39.9. The summed E-state index contributed by atoms with van der Waals surface area (Å²) in [6, 6.07) is 0. The standard InChI is InChI=1S/C10H18O3S.C7H12O3.C4H10S/c1-2-3-4-14-8-6-13-9-7(11)5-12-10(8)9;1-4-2-9-7-5(8)3-10-6(4)7;1-2-3-4-5/h7-11H,2-6H2,1H3;4-8H,2-3H2,1H3;5H,2-4H2,1H3/t7-,8?,9-,10-;4-,5-,6-,7-;/m11./s1. The maximum Gasteiger partial charge on any atom is 0.113 e. The average molecular weight is 453 g/mol. The number of thiol groups is 1. The molecule has 4 fully saturated rings. The fraction of sp³-hybridized carbons (Fsp3) is 1.00. The van der Waals surface area contributed by atoms with E-state index in [9.17, 15) is 10.2 Å². The molecule has 0 aliphatic carbocycles. The van der Waals surface area contributed by atoms with Gasteiger partial charge in [0.2, 0.25) is 0 Å². The van der Waals surface area contributed by atoms with Crippen molar-refractivity contribution >= 4 is 24.4 Å². The first kappa shape index (κ1) is 25.7. The molecule has 2 N–H and O–H groups in total. The second kappa shape index (κ2) is 13.8. The second-order valence-corrected chi connectivity index (χ2v) is 9.94. The van der Waals surface area contributed by atoms with Crippen LogP contribution in [0.5, 0.6) is 0 Å². The summed E-state index contributed by atoms with van der Waals surface area (Å²) in [7, 11) is 0. The summed E-state index contributed by atoms with van der Waals surface area (Å²) in [6.07, 6.45) is 4.38. The van der Waals surface area contributed by atoms with Crippen molar-refractivity contribution in [1.29, 1.82) is 0 Å². The third-order valence-electron chi connectivity index (χ3n) is 5.60. The minimum atomic E-state index is -0.406. The highest BCUT2D eigenvalue weighted by molar-refractivity contribution is 8.00. The van der Waals surface area contributed by atoms with Crippen LogP contribution < -0.4 is 0 Å². The molecule has 4 saturated heterocycles. The molecule has 1 unspecified atom stereocenters. The van der Waals surface area contributed by atoms with Crippen molar-refractivity contribution in [2.75, 3.05) is 37.9 Å². The van der Waals surface area contributed by atoms with Gasteiger partial charge in [-0.2, -0.15) is 24.4 Å². The van der Waals surface area contributed by atoms with E-state index in [2.05, 4.69) is 33.4 Å². The molecule has 8 atom stereocenters. The molecule has 8 heteroatoms. The van der Waals surface area contributed by atoms with Gasteiger partial charge in [0.25, 0.3) is 0 Å². The van der Waals surface area contributed by atoms with Crippen LogP contribution in [-0.2, 0) is 18.9 Å². The third kappa shape index (κ3) is 7.52. The molecule has 0 spiro atoms. The molecule has 0 aromatic heterocycles. The topological polar surface area (TPSA) is 77.4 Å². The fourth-order valence-electron chi connectivity index (χ4n) is 3.79. The number of aliphatic hydroxyl groups is 2. The molecule has 0 radical (unpaired) electrons. The van der Waals surface area contributed by atoms with Crippen LogP contribution >= 0.6 is 24.4 Å². The smallest absolute Gasteiger partial charge is 0.113 e. The number of unbranched alkanes of at least 4 members (excludes halogenated alkanes) is 2. The summed E-state index contributed by atoms with van der Waals surface area (Å²) in [4.78, 5) is 0. The van der Waals surface area contributed by atoms with E-state index in [0.29, 0.717) is 24.4 Å². The second-order valence-electron chi connectivity index (χ2n) is 8.14. The Morgan fingerprint density at radius 3 is 1.90 bits per heavy atom. The lowest BCUT2D eigenvalue weighted by molar-refractivity contribution is 0.0173. The van der Waals surface area contributed by atoms with Crippen LogP contribution in [0.3, 0.4) is 0 Å². The van der Waals surface area contributed by atoms with Gasteiger partial charge in [0.05, 0.1) is 37.8 Å². The average Bonchev–Trinajstić information content (AvgIpc) is 3.46. The Morgan fingerprint density at radius 1 is 0.793 bits per heavy atom. The summed E-state index contributed by atoms with van der Waals surface area (Å²) >= 11 is 5.93. The molecule has 0 aromatic carbocycles. The lowest BCUT2D eigenvalue weighted by atomic mass is 10.0. The molecule has 4 aliphatic rings. The van der Waals surface area contributed by atoms with E-state index in [1.165, 1.54) is 31.4 Å². The number of hydrogen-bond donors (Lipinski definition) is 3. The fourth-order valence-corrected chi connectivity index (χ4v) is 5.47. The van der Waals surface area contributed by atoms with Crippen LogP contribution in [0.4, 0.5) is 0 Å². The Hall–Kier alpha value is 0.460. The van der Waals surface area contributed by atoms with Crippen LogP contribution in [0, 0.1) is 5.92 Å². The third-order valence-corrected chi connectivity index (χ3v) is 7.27. The van der Waals surface area contributed by atoms with Gasteiger partial charge in [0.1, 0.15) is 30.5 Å². The van der Waals surface area contributed by atoms with E-state index in [4.69, 9.17) is 18.9 Å². The first-order valence-electron chi connectivity index (χ1n) is 11.1. The van der Waals surface area contributed by atoms with Crippen molar-refractivity contribution in [1.82, 2.24) is 0 Å². The molecule has 172 valence electrons. The predicted molar refractivity (Wildman–Crippen MR) is 120 cm³/mol. The largest absolute Gasteiger partial charge is 0.388 e. The minimum Gasteiger partial charge on any atom is -0.388 e. The highest BCUT2D eigenvalue weighted by atomic mass is 32.2. The number of thioether (sulfide) groups is 1. The summed E-state index contributed by atoms with van der Waals surface area (Å²) in [5, 5.41) is 19.2. The highest BCUT2D eigenvalue weighted by Crippen LogP contribution is 2.34. The van der Waals surface area contributed by atoms with Crippen molar-refractivity contribution in [2.24, 2.45) is 5.92 Å². The van der Waals surface area contributed by atoms with Gasteiger partial charge in [-0.3, -0.25) is 0 Å². The molecular formula is C21H40O6S2. The van der Waals surface area contributed by atoms with Crippen LogP contribution in [0.15, 0.2) is 0 Å². The molecule has 6 nitrogen and oxygen atoms in total. The number of aliphatic hydroxyl groups excluding tert-OH is 2. The summed E-state index contributed by atoms with van der Waals surface area (Å²) in [5.74, 6) is 2.66. The monoisotopic (exact) mass is 452 g/mol. The lowest BCUT2D eigenvalue weighted by Gasteiger charge is -2.14. The Bertz CT molecular complexity index is 425. The van der Waals surface area contributed by atoms with Gasteiger partial charge in [-0.05, 0) is 24.3 Å². The Morgan fingerprint density at radius 2 is 1.34 bits per heavy atom. The number of ether oxygens (including phenoxy) is 4. The molecule has 4 aliphatic heterocycles. The summed E-state index contributed by atoms with van der Waals surface area (Å²) < 4.78 is 21.7. The minimum absolute atomic E-state index is 0.0463. The number of rotatable bonds is 6. The van der Waals surface area contributed by atoms with Crippen LogP contribution in [0.2, 0.25) is 0 Å². The zero-order valence-corrected chi connectivity index (χ0v) is 19.8. The van der Waals surface area contributed by atoms with Crippen molar-refractivity contribution in [3.05, 3.63) is 0 Å². The van der Waals surface area contributed by atoms with Crippen molar-refractivity contribution in [3.63, 3.8) is 0 Å². The van der Waals surface area contributed by atoms with Gasteiger partial charge >= 0.3 is 0 Å². The lowest BCUT2D eigenvalue weighted by Crippen LogP contribution is -2.30. The van der Waals surface area contributed by atoms with Crippen LogP contribution in [0.1, 0.15) is 46.5 Å². The Balaban J connectivity index is 0.000000175. The van der Waals surface area contributed by atoms with Crippen LogP contribution in [0.25, 0.3) is 0 Å². The van der Waals surface area contributed by atoms with Crippen molar-refractivity contribution in [2.45, 2.75) is 88.3 Å². The first-order valence-corrected chi connectivity index (χ1v) is 12.8. The molecule has 0 bridgehead atoms. The van der Waals surface area contributed by atoms with Gasteiger partial charge < -0.3 is 29.2 Å². The molecule has 4 heterocycles. The SMILES string of the molecule is CCCCS.CCCCSC1CO[C@@H]2[C@H](O)CO[C@H]12.C[C@@H]1CO[C@H]2[C@@H]1OC[C@H]2O. The first-order chi connectivity index (χ1) is 14.0. The highest BCUT2D eigenvalue weighted by Gasteiger charge is 2.47. The number of fused-ring (bicyclic) bond motifs is 2. The Labute approximate surface area is 185 Å². The van der Waals surface area contributed by atoms with Gasteiger partial charge in [0, 0.05) is 5.92 Å². The van der Waals surface area contributed by atoms with E-state index in [1.807, 2.05) is 11.8 Å².